The monoisotopic (exact) mass is 234 g/mol. The zero-order valence-electron chi connectivity index (χ0n) is 10.1. The Labute approximate surface area is 102 Å². The topological polar surface area (TPSA) is 17.1 Å². The molecule has 1 saturated carbocycles. The minimum absolute atomic E-state index is 0.227. The van der Waals surface area contributed by atoms with Crippen LogP contribution in [0.5, 0.6) is 0 Å². The highest BCUT2D eigenvalue weighted by molar-refractivity contribution is 8.00. The quantitative estimate of drug-likeness (QED) is 0.775. The van der Waals surface area contributed by atoms with Gasteiger partial charge in [0, 0.05) is 22.5 Å². The molecule has 2 unspecified atom stereocenters. The van der Waals surface area contributed by atoms with Crippen molar-refractivity contribution in [1.82, 2.24) is 0 Å². The van der Waals surface area contributed by atoms with Crippen LogP contribution < -0.4 is 0 Å². The summed E-state index contributed by atoms with van der Waals surface area (Å²) in [7, 11) is 0. The molecule has 1 aliphatic carbocycles. The van der Waals surface area contributed by atoms with Gasteiger partial charge in [-0.2, -0.15) is 0 Å². The van der Waals surface area contributed by atoms with Crippen molar-refractivity contribution in [2.24, 2.45) is 5.92 Å². The third-order valence-corrected chi connectivity index (χ3v) is 5.00. The molecule has 0 heterocycles. The van der Waals surface area contributed by atoms with E-state index in [9.17, 15) is 4.79 Å². The van der Waals surface area contributed by atoms with Gasteiger partial charge in [0.25, 0.3) is 0 Å². The predicted octanol–water partition coefficient (Wildman–Crippen LogP) is 3.76. The Balaban J connectivity index is 2.15. The van der Waals surface area contributed by atoms with E-state index in [-0.39, 0.29) is 5.92 Å². The van der Waals surface area contributed by atoms with E-state index in [1.807, 2.05) is 11.8 Å². The maximum absolute atomic E-state index is 11.5. The minimum atomic E-state index is 0.227. The minimum Gasteiger partial charge on any atom is -0.299 e. The fourth-order valence-electron chi connectivity index (χ4n) is 2.13. The summed E-state index contributed by atoms with van der Waals surface area (Å²) in [6.07, 6.45) is 1.81. The summed E-state index contributed by atoms with van der Waals surface area (Å²) in [6.45, 7) is 6.33. The van der Waals surface area contributed by atoms with Crippen molar-refractivity contribution in [3.63, 3.8) is 0 Å². The molecule has 0 N–H and O–H groups in total. The van der Waals surface area contributed by atoms with Gasteiger partial charge in [-0.1, -0.05) is 24.6 Å². The van der Waals surface area contributed by atoms with Crippen LogP contribution in [0.2, 0.25) is 0 Å². The third-order valence-electron chi connectivity index (χ3n) is 3.36. The molecule has 86 valence electrons. The number of benzene rings is 1. The van der Waals surface area contributed by atoms with Gasteiger partial charge in [0.05, 0.1) is 0 Å². The van der Waals surface area contributed by atoms with Crippen molar-refractivity contribution in [2.45, 2.75) is 43.8 Å². The van der Waals surface area contributed by atoms with E-state index in [1.165, 1.54) is 16.0 Å². The number of aryl methyl sites for hydroxylation is 2. The number of thioether (sulfide) groups is 1. The number of rotatable bonds is 2. The summed E-state index contributed by atoms with van der Waals surface area (Å²) in [6, 6.07) is 6.54. The summed E-state index contributed by atoms with van der Waals surface area (Å²) >= 11 is 1.88. The molecule has 2 atom stereocenters. The lowest BCUT2D eigenvalue weighted by molar-refractivity contribution is -0.120. The summed E-state index contributed by atoms with van der Waals surface area (Å²) in [5, 5.41) is 0.480. The first kappa shape index (κ1) is 11.7. The molecule has 0 aromatic heterocycles. The molecule has 16 heavy (non-hydrogen) atoms. The van der Waals surface area contributed by atoms with Gasteiger partial charge < -0.3 is 0 Å². The van der Waals surface area contributed by atoms with Crippen molar-refractivity contribution < 1.29 is 4.79 Å². The van der Waals surface area contributed by atoms with Gasteiger partial charge in [-0.25, -0.2) is 0 Å². The summed E-state index contributed by atoms with van der Waals surface area (Å²) in [5.41, 5.74) is 2.62. The van der Waals surface area contributed by atoms with Gasteiger partial charge in [-0.15, -0.1) is 11.8 Å². The number of hydrogen-bond donors (Lipinski definition) is 0. The second kappa shape index (κ2) is 4.62. The van der Waals surface area contributed by atoms with Crippen LogP contribution in [0.1, 0.15) is 30.9 Å². The average molecular weight is 234 g/mol. The summed E-state index contributed by atoms with van der Waals surface area (Å²) in [5.74, 6) is 0.660. The number of ketones is 1. The normalized spacial score (nSPS) is 25.1. The van der Waals surface area contributed by atoms with Crippen molar-refractivity contribution >= 4 is 17.5 Å². The molecular weight excluding hydrogens is 216 g/mol. The van der Waals surface area contributed by atoms with Crippen molar-refractivity contribution in [1.29, 1.82) is 0 Å². The summed E-state index contributed by atoms with van der Waals surface area (Å²) in [4.78, 5) is 12.9. The molecule has 1 aliphatic rings. The lowest BCUT2D eigenvalue weighted by Crippen LogP contribution is -2.12. The van der Waals surface area contributed by atoms with Crippen LogP contribution in [0.3, 0.4) is 0 Å². The lowest BCUT2D eigenvalue weighted by Gasteiger charge is -2.15. The van der Waals surface area contributed by atoms with Gasteiger partial charge >= 0.3 is 0 Å². The largest absolute Gasteiger partial charge is 0.299 e. The van der Waals surface area contributed by atoms with Gasteiger partial charge in [-0.05, 0) is 31.9 Å². The molecule has 1 fully saturated rings. The second-order valence-electron chi connectivity index (χ2n) is 4.72. The number of carbonyl (C=O) groups is 1. The molecule has 0 saturated heterocycles. The molecule has 0 amide bonds. The maximum Gasteiger partial charge on any atom is 0.136 e. The Bertz CT molecular complexity index is 411. The Morgan fingerprint density at radius 3 is 2.69 bits per heavy atom. The van der Waals surface area contributed by atoms with Gasteiger partial charge in [0.2, 0.25) is 0 Å². The Kier molecular flexibility index (Phi) is 3.38. The highest BCUT2D eigenvalue weighted by atomic mass is 32.2. The zero-order valence-corrected chi connectivity index (χ0v) is 10.9. The molecule has 0 aliphatic heterocycles. The SMILES string of the molecule is Cc1ccc(C)c(SC2CCC(=O)C2C)c1. The van der Waals surface area contributed by atoms with Crippen LogP contribution in [-0.2, 0) is 4.79 Å². The number of carbonyl (C=O) groups excluding carboxylic acids is 1. The molecule has 0 bridgehead atoms. The van der Waals surface area contributed by atoms with Crippen LogP contribution in [-0.4, -0.2) is 11.0 Å². The van der Waals surface area contributed by atoms with E-state index in [2.05, 4.69) is 39.0 Å². The average Bonchev–Trinajstić information content (AvgIpc) is 2.55. The maximum atomic E-state index is 11.5. The van der Waals surface area contributed by atoms with Crippen LogP contribution in [0.15, 0.2) is 23.1 Å². The highest BCUT2D eigenvalue weighted by Crippen LogP contribution is 2.38. The molecule has 2 rings (SSSR count). The Morgan fingerprint density at radius 2 is 2.06 bits per heavy atom. The van der Waals surface area contributed by atoms with Gasteiger partial charge in [0.1, 0.15) is 5.78 Å². The van der Waals surface area contributed by atoms with E-state index in [4.69, 9.17) is 0 Å². The molecule has 1 nitrogen and oxygen atoms in total. The van der Waals surface area contributed by atoms with Crippen LogP contribution >= 0.6 is 11.8 Å². The molecule has 2 heteroatoms. The smallest absolute Gasteiger partial charge is 0.136 e. The first-order valence-corrected chi connectivity index (χ1v) is 6.72. The number of hydrogen-bond acceptors (Lipinski definition) is 2. The summed E-state index contributed by atoms with van der Waals surface area (Å²) < 4.78 is 0. The molecule has 1 aromatic carbocycles. The predicted molar refractivity (Wildman–Crippen MR) is 69.0 cm³/mol. The van der Waals surface area contributed by atoms with E-state index in [0.29, 0.717) is 11.0 Å². The van der Waals surface area contributed by atoms with Crippen molar-refractivity contribution in [3.8, 4) is 0 Å². The van der Waals surface area contributed by atoms with Gasteiger partial charge in [-0.3, -0.25) is 4.79 Å². The Hall–Kier alpha value is -0.760. The first-order chi connectivity index (χ1) is 7.58. The lowest BCUT2D eigenvalue weighted by atomic mass is 10.1. The van der Waals surface area contributed by atoms with Crippen molar-refractivity contribution in [3.05, 3.63) is 29.3 Å². The molecular formula is C14H18OS. The van der Waals surface area contributed by atoms with E-state index < -0.39 is 0 Å². The van der Waals surface area contributed by atoms with Crippen LogP contribution in [0, 0.1) is 19.8 Å². The number of Topliss-reactive ketones (excluding diaryl/α,β-unsaturated/α-hetero) is 1. The molecule has 0 spiro atoms. The van der Waals surface area contributed by atoms with E-state index >= 15 is 0 Å². The third kappa shape index (κ3) is 2.32. The van der Waals surface area contributed by atoms with Crippen molar-refractivity contribution in [2.75, 3.05) is 0 Å². The van der Waals surface area contributed by atoms with E-state index in [1.54, 1.807) is 0 Å². The fourth-order valence-corrected chi connectivity index (χ4v) is 3.55. The Morgan fingerprint density at radius 1 is 1.31 bits per heavy atom. The second-order valence-corrected chi connectivity index (χ2v) is 6.00. The fraction of sp³-hybridized carbons (Fsp3) is 0.500. The van der Waals surface area contributed by atoms with Gasteiger partial charge in [0.15, 0.2) is 0 Å². The van der Waals surface area contributed by atoms with E-state index in [0.717, 1.165) is 12.8 Å². The zero-order chi connectivity index (χ0) is 11.7. The molecule has 1 aromatic rings. The standard InChI is InChI=1S/C14H18OS/c1-9-4-5-10(2)14(8-9)16-13-7-6-12(15)11(13)3/h4-5,8,11,13H,6-7H2,1-3H3. The van der Waals surface area contributed by atoms with Crippen LogP contribution in [0.25, 0.3) is 0 Å². The molecule has 0 radical (unpaired) electrons. The highest BCUT2D eigenvalue weighted by Gasteiger charge is 2.31. The van der Waals surface area contributed by atoms with Crippen LogP contribution in [0.4, 0.5) is 0 Å². The first-order valence-electron chi connectivity index (χ1n) is 5.84.